The molecule has 1 aromatic carbocycles. The molecule has 0 radical (unpaired) electrons. The second-order valence-corrected chi connectivity index (χ2v) is 6.71. The Bertz CT molecular complexity index is 547. The van der Waals surface area contributed by atoms with Gasteiger partial charge in [-0.05, 0) is 24.1 Å². The van der Waals surface area contributed by atoms with E-state index in [9.17, 15) is 13.5 Å². The first-order valence-electron chi connectivity index (χ1n) is 6.32. The van der Waals surface area contributed by atoms with Gasteiger partial charge in [-0.25, -0.2) is 13.1 Å². The summed E-state index contributed by atoms with van der Waals surface area (Å²) in [7, 11) is -2.42. The van der Waals surface area contributed by atoms with Gasteiger partial charge in [0, 0.05) is 11.1 Å². The summed E-state index contributed by atoms with van der Waals surface area (Å²) in [6.45, 7) is 3.54. The van der Waals surface area contributed by atoms with Crippen molar-refractivity contribution in [2.45, 2.75) is 31.2 Å². The van der Waals surface area contributed by atoms with Crippen LogP contribution in [0, 0.1) is 5.92 Å². The molecule has 1 aromatic rings. The van der Waals surface area contributed by atoms with Crippen LogP contribution in [0.4, 0.5) is 0 Å². The zero-order chi connectivity index (χ0) is 15.3. The summed E-state index contributed by atoms with van der Waals surface area (Å²) in [6, 6.07) is 3.83. The highest BCUT2D eigenvalue weighted by Gasteiger charge is 2.26. The van der Waals surface area contributed by atoms with Crippen LogP contribution >= 0.6 is 11.6 Å². The summed E-state index contributed by atoms with van der Waals surface area (Å²) in [5.74, 6) is 0.225. The smallest absolute Gasteiger partial charge is 0.244 e. The summed E-state index contributed by atoms with van der Waals surface area (Å²) in [6.07, 6.45) is 0.750. The van der Waals surface area contributed by atoms with Gasteiger partial charge >= 0.3 is 0 Å². The molecule has 0 aliphatic carbocycles. The van der Waals surface area contributed by atoms with Crippen molar-refractivity contribution in [2.24, 2.45) is 5.92 Å². The van der Waals surface area contributed by atoms with E-state index in [0.717, 1.165) is 6.42 Å². The lowest BCUT2D eigenvalue weighted by Gasteiger charge is -2.22. The van der Waals surface area contributed by atoms with Crippen LogP contribution in [-0.2, 0) is 10.0 Å². The number of benzene rings is 1. The fourth-order valence-corrected chi connectivity index (χ4v) is 3.51. The normalized spacial score (nSPS) is 14.8. The number of hydrogen-bond acceptors (Lipinski definition) is 4. The second kappa shape index (κ2) is 7.26. The molecule has 0 unspecified atom stereocenters. The monoisotopic (exact) mass is 321 g/mol. The number of halogens is 1. The van der Waals surface area contributed by atoms with Crippen LogP contribution in [0.1, 0.15) is 20.3 Å². The highest BCUT2D eigenvalue weighted by atomic mass is 35.5. The zero-order valence-electron chi connectivity index (χ0n) is 11.8. The maximum atomic E-state index is 12.4. The first kappa shape index (κ1) is 17.2. The maximum Gasteiger partial charge on any atom is 0.244 e. The number of hydrogen-bond donors (Lipinski definition) is 2. The van der Waals surface area contributed by atoms with Gasteiger partial charge in [-0.2, -0.15) is 0 Å². The molecule has 0 saturated carbocycles. The van der Waals surface area contributed by atoms with E-state index >= 15 is 0 Å². The van der Waals surface area contributed by atoms with Crippen LogP contribution < -0.4 is 9.46 Å². The molecule has 0 aliphatic heterocycles. The van der Waals surface area contributed by atoms with Gasteiger partial charge in [0.15, 0.2) is 0 Å². The molecule has 20 heavy (non-hydrogen) atoms. The fraction of sp³-hybridized carbons (Fsp3) is 0.538. The van der Waals surface area contributed by atoms with Crippen LogP contribution in [0.2, 0.25) is 5.02 Å². The summed E-state index contributed by atoms with van der Waals surface area (Å²) >= 11 is 5.84. The molecule has 2 atom stereocenters. The topological polar surface area (TPSA) is 75.6 Å². The molecule has 0 spiro atoms. The molecule has 0 heterocycles. The van der Waals surface area contributed by atoms with Gasteiger partial charge < -0.3 is 9.84 Å². The Kier molecular flexibility index (Phi) is 6.26. The maximum absolute atomic E-state index is 12.4. The van der Waals surface area contributed by atoms with Gasteiger partial charge in [0.25, 0.3) is 0 Å². The van der Waals surface area contributed by atoms with E-state index in [4.69, 9.17) is 16.3 Å². The SMILES string of the molecule is CC[C@H](C)[C@@H](CO)NS(=O)(=O)c1cc(Cl)ccc1OC. The van der Waals surface area contributed by atoms with Crippen molar-refractivity contribution in [3.05, 3.63) is 23.2 Å². The minimum absolute atomic E-state index is 0.0138. The molecule has 0 bridgehead atoms. The van der Waals surface area contributed by atoms with Crippen LogP contribution in [0.15, 0.2) is 23.1 Å². The lowest BCUT2D eigenvalue weighted by atomic mass is 10.0. The molecule has 0 fully saturated rings. The molecular formula is C13H20ClNO4S. The summed E-state index contributed by atoms with van der Waals surface area (Å²) in [5.41, 5.74) is 0. The van der Waals surface area contributed by atoms with E-state index in [-0.39, 0.29) is 23.2 Å². The minimum Gasteiger partial charge on any atom is -0.495 e. The van der Waals surface area contributed by atoms with Crippen LogP contribution in [-0.4, -0.2) is 33.3 Å². The molecule has 0 aliphatic rings. The van der Waals surface area contributed by atoms with E-state index in [0.29, 0.717) is 5.02 Å². The predicted molar refractivity (Wildman–Crippen MR) is 78.7 cm³/mol. The summed E-state index contributed by atoms with van der Waals surface area (Å²) < 4.78 is 32.3. The standard InChI is InChI=1S/C13H20ClNO4S/c1-4-9(2)11(8-16)15-20(17,18)13-7-10(14)5-6-12(13)19-3/h5-7,9,11,15-16H,4,8H2,1-3H3/t9-,11+/m0/s1. The third-order valence-electron chi connectivity index (χ3n) is 3.25. The van der Waals surface area contributed by atoms with Gasteiger partial charge in [0.1, 0.15) is 10.6 Å². The Labute approximate surface area is 125 Å². The molecule has 0 aromatic heterocycles. The van der Waals surface area contributed by atoms with Crippen molar-refractivity contribution in [1.82, 2.24) is 4.72 Å². The van der Waals surface area contributed by atoms with E-state index in [1.54, 1.807) is 6.07 Å². The number of ether oxygens (including phenoxy) is 1. The van der Waals surface area contributed by atoms with E-state index in [1.165, 1.54) is 19.2 Å². The van der Waals surface area contributed by atoms with Crippen molar-refractivity contribution in [3.8, 4) is 5.75 Å². The van der Waals surface area contributed by atoms with Crippen molar-refractivity contribution in [1.29, 1.82) is 0 Å². The number of methoxy groups -OCH3 is 1. The van der Waals surface area contributed by atoms with E-state index in [2.05, 4.69) is 4.72 Å². The van der Waals surface area contributed by atoms with Crippen molar-refractivity contribution in [2.75, 3.05) is 13.7 Å². The van der Waals surface area contributed by atoms with Crippen molar-refractivity contribution < 1.29 is 18.3 Å². The molecule has 0 amide bonds. The Morgan fingerprint density at radius 1 is 1.45 bits per heavy atom. The van der Waals surface area contributed by atoms with Gasteiger partial charge in [-0.3, -0.25) is 0 Å². The molecular weight excluding hydrogens is 302 g/mol. The number of rotatable bonds is 7. The third kappa shape index (κ3) is 4.09. The first-order chi connectivity index (χ1) is 9.35. The molecule has 2 N–H and O–H groups in total. The lowest BCUT2D eigenvalue weighted by molar-refractivity contribution is 0.219. The van der Waals surface area contributed by atoms with Crippen molar-refractivity contribution in [3.63, 3.8) is 0 Å². The predicted octanol–water partition coefficient (Wildman–Crippen LogP) is 2.03. The first-order valence-corrected chi connectivity index (χ1v) is 8.18. The van der Waals surface area contributed by atoms with E-state index < -0.39 is 16.1 Å². The number of nitrogens with one attached hydrogen (secondary N) is 1. The summed E-state index contributed by atoms with van der Waals surface area (Å²) in [4.78, 5) is -0.0331. The van der Waals surface area contributed by atoms with Crippen LogP contribution in [0.3, 0.4) is 0 Å². The Morgan fingerprint density at radius 2 is 2.10 bits per heavy atom. The largest absolute Gasteiger partial charge is 0.495 e. The average molecular weight is 322 g/mol. The molecule has 5 nitrogen and oxygen atoms in total. The highest BCUT2D eigenvalue weighted by Crippen LogP contribution is 2.27. The Morgan fingerprint density at radius 3 is 2.60 bits per heavy atom. The third-order valence-corrected chi connectivity index (χ3v) is 5.00. The number of aliphatic hydroxyl groups excluding tert-OH is 1. The zero-order valence-corrected chi connectivity index (χ0v) is 13.3. The molecule has 7 heteroatoms. The van der Waals surface area contributed by atoms with E-state index in [1.807, 2.05) is 13.8 Å². The van der Waals surface area contributed by atoms with Crippen molar-refractivity contribution >= 4 is 21.6 Å². The fourth-order valence-electron chi connectivity index (χ4n) is 1.74. The summed E-state index contributed by atoms with van der Waals surface area (Å²) in [5, 5.41) is 9.64. The quantitative estimate of drug-likeness (QED) is 0.805. The molecule has 114 valence electrons. The number of sulfonamides is 1. The lowest BCUT2D eigenvalue weighted by Crippen LogP contribution is -2.41. The van der Waals surface area contributed by atoms with Crippen LogP contribution in [0.5, 0.6) is 5.75 Å². The van der Waals surface area contributed by atoms with Gasteiger partial charge in [-0.15, -0.1) is 0 Å². The second-order valence-electron chi connectivity index (χ2n) is 4.59. The Balaban J connectivity index is 3.13. The molecule has 1 rings (SSSR count). The highest BCUT2D eigenvalue weighted by molar-refractivity contribution is 7.89. The average Bonchev–Trinajstić information content (AvgIpc) is 2.43. The Hall–Kier alpha value is -0.820. The van der Waals surface area contributed by atoms with Gasteiger partial charge in [0.2, 0.25) is 10.0 Å². The van der Waals surface area contributed by atoms with Gasteiger partial charge in [-0.1, -0.05) is 31.9 Å². The minimum atomic E-state index is -3.81. The van der Waals surface area contributed by atoms with Gasteiger partial charge in [0.05, 0.1) is 13.7 Å². The molecule has 0 saturated heterocycles. The van der Waals surface area contributed by atoms with Crippen LogP contribution in [0.25, 0.3) is 0 Å². The number of aliphatic hydroxyl groups is 1.